The largest absolute Gasteiger partial charge is 0.493 e. The monoisotopic (exact) mass is 354 g/mol. The number of hydrogen-bond acceptors (Lipinski definition) is 6. The number of nitrogens with one attached hydrogen (secondary N) is 1. The molecule has 0 saturated heterocycles. The molecule has 1 amide bonds. The van der Waals surface area contributed by atoms with E-state index >= 15 is 0 Å². The van der Waals surface area contributed by atoms with Gasteiger partial charge in [-0.1, -0.05) is 6.07 Å². The van der Waals surface area contributed by atoms with Gasteiger partial charge in [-0.3, -0.25) is 4.79 Å². The van der Waals surface area contributed by atoms with Crippen molar-refractivity contribution in [1.29, 1.82) is 5.26 Å². The molecule has 1 aromatic heterocycles. The third-order valence-electron chi connectivity index (χ3n) is 3.21. The molecule has 2 aromatic rings. The maximum atomic E-state index is 12.0. The number of nitrogens with zero attached hydrogens (tertiary/aromatic N) is 1. The second kappa shape index (κ2) is 8.53. The van der Waals surface area contributed by atoms with E-state index in [0.717, 1.165) is 0 Å². The van der Waals surface area contributed by atoms with Crippen LogP contribution in [0.4, 0.5) is 0 Å². The van der Waals surface area contributed by atoms with Crippen LogP contribution in [0.2, 0.25) is 0 Å². The van der Waals surface area contributed by atoms with E-state index in [1.165, 1.54) is 31.6 Å². The lowest BCUT2D eigenvalue weighted by Crippen LogP contribution is -2.30. The Morgan fingerprint density at radius 3 is 2.62 bits per heavy atom. The number of hydrogen-bond donors (Lipinski definition) is 1. The normalized spacial score (nSPS) is 11.0. The summed E-state index contributed by atoms with van der Waals surface area (Å²) < 4.78 is 15.5. The number of amides is 1. The SMILES string of the molecule is COc1cc(/C=C(\C#N)C(=O)NC(C)C)ccc1OC(=O)c1ccco1. The minimum atomic E-state index is -0.661. The highest BCUT2D eigenvalue weighted by atomic mass is 16.6. The number of furan rings is 1. The number of carbonyl (C=O) groups excluding carboxylic acids is 2. The Kier molecular flexibility index (Phi) is 6.17. The van der Waals surface area contributed by atoms with E-state index in [4.69, 9.17) is 13.9 Å². The van der Waals surface area contributed by atoms with Crippen molar-refractivity contribution in [2.45, 2.75) is 19.9 Å². The van der Waals surface area contributed by atoms with Gasteiger partial charge >= 0.3 is 5.97 Å². The predicted octanol–water partition coefficient (Wildman–Crippen LogP) is 2.94. The first-order chi connectivity index (χ1) is 12.4. The van der Waals surface area contributed by atoms with Crippen molar-refractivity contribution < 1.29 is 23.5 Å². The van der Waals surface area contributed by atoms with E-state index in [0.29, 0.717) is 5.56 Å². The van der Waals surface area contributed by atoms with E-state index in [9.17, 15) is 14.9 Å². The number of nitriles is 1. The van der Waals surface area contributed by atoms with Crippen molar-refractivity contribution >= 4 is 18.0 Å². The molecule has 1 N–H and O–H groups in total. The van der Waals surface area contributed by atoms with E-state index in [1.54, 1.807) is 32.0 Å². The topological polar surface area (TPSA) is 102 Å². The Bertz CT molecular complexity index is 861. The van der Waals surface area contributed by atoms with E-state index in [1.807, 2.05) is 6.07 Å². The van der Waals surface area contributed by atoms with E-state index in [-0.39, 0.29) is 28.9 Å². The number of benzene rings is 1. The molecule has 7 nitrogen and oxygen atoms in total. The molecule has 0 spiro atoms. The lowest BCUT2D eigenvalue weighted by atomic mass is 10.1. The van der Waals surface area contributed by atoms with E-state index in [2.05, 4.69) is 5.32 Å². The van der Waals surface area contributed by atoms with Crippen molar-refractivity contribution in [2.24, 2.45) is 0 Å². The summed E-state index contributed by atoms with van der Waals surface area (Å²) in [6.45, 7) is 3.61. The predicted molar refractivity (Wildman–Crippen MR) is 93.5 cm³/mol. The molecule has 1 heterocycles. The summed E-state index contributed by atoms with van der Waals surface area (Å²) in [5.74, 6) is -0.593. The molecule has 0 radical (unpaired) electrons. The minimum Gasteiger partial charge on any atom is -0.493 e. The number of rotatable bonds is 6. The van der Waals surface area contributed by atoms with Crippen molar-refractivity contribution in [3.05, 3.63) is 53.5 Å². The third-order valence-corrected chi connectivity index (χ3v) is 3.21. The van der Waals surface area contributed by atoms with Gasteiger partial charge < -0.3 is 19.2 Å². The smallest absolute Gasteiger partial charge is 0.379 e. The molecule has 7 heteroatoms. The second-order valence-electron chi connectivity index (χ2n) is 5.58. The summed E-state index contributed by atoms with van der Waals surface area (Å²) in [7, 11) is 1.42. The Morgan fingerprint density at radius 1 is 1.27 bits per heavy atom. The van der Waals surface area contributed by atoms with Gasteiger partial charge in [0.1, 0.15) is 11.6 Å². The molecule has 0 aliphatic carbocycles. The molecular formula is C19H18N2O5. The van der Waals surface area contributed by atoms with E-state index < -0.39 is 11.9 Å². The standard InChI is InChI=1S/C19H18N2O5/c1-12(2)21-18(22)14(11-20)9-13-6-7-15(17(10-13)24-3)26-19(23)16-5-4-8-25-16/h4-10,12H,1-3H3,(H,21,22)/b14-9+. The maximum absolute atomic E-state index is 12.0. The first-order valence-electron chi connectivity index (χ1n) is 7.81. The summed E-state index contributed by atoms with van der Waals surface area (Å²) in [6.07, 6.45) is 2.80. The molecule has 1 aromatic carbocycles. The second-order valence-corrected chi connectivity index (χ2v) is 5.58. The van der Waals surface area contributed by atoms with Gasteiger partial charge in [0.15, 0.2) is 11.5 Å². The lowest BCUT2D eigenvalue weighted by molar-refractivity contribution is -0.117. The van der Waals surface area contributed by atoms with Crippen LogP contribution in [0.1, 0.15) is 30.0 Å². The number of carbonyl (C=O) groups is 2. The van der Waals surface area contributed by atoms with Crippen molar-refractivity contribution in [2.75, 3.05) is 7.11 Å². The van der Waals surface area contributed by atoms with Gasteiger partial charge in [-0.25, -0.2) is 4.79 Å². The molecule has 134 valence electrons. The first-order valence-corrected chi connectivity index (χ1v) is 7.81. The number of ether oxygens (including phenoxy) is 2. The number of esters is 1. The molecule has 0 aliphatic heterocycles. The fourth-order valence-electron chi connectivity index (χ4n) is 2.06. The van der Waals surface area contributed by atoms with Crippen LogP contribution in [0.25, 0.3) is 6.08 Å². The summed E-state index contributed by atoms with van der Waals surface area (Å²) >= 11 is 0. The minimum absolute atomic E-state index is 0.0407. The van der Waals surface area contributed by atoms with Crippen LogP contribution in [-0.4, -0.2) is 25.0 Å². The summed E-state index contributed by atoms with van der Waals surface area (Å²) in [5.41, 5.74) is 0.510. The molecule has 0 aliphatic rings. The zero-order valence-electron chi connectivity index (χ0n) is 14.6. The summed E-state index contributed by atoms with van der Waals surface area (Å²) in [5, 5.41) is 11.8. The average molecular weight is 354 g/mol. The summed E-state index contributed by atoms with van der Waals surface area (Å²) in [4.78, 5) is 23.9. The molecule has 0 unspecified atom stereocenters. The van der Waals surface area contributed by atoms with Gasteiger partial charge in [0.25, 0.3) is 5.91 Å². The molecule has 0 atom stereocenters. The molecule has 2 rings (SSSR count). The molecular weight excluding hydrogens is 336 g/mol. The lowest BCUT2D eigenvalue weighted by Gasteiger charge is -2.10. The van der Waals surface area contributed by atoms with Crippen molar-refractivity contribution in [3.8, 4) is 17.6 Å². The molecule has 0 fully saturated rings. The van der Waals surface area contributed by atoms with Gasteiger partial charge in [0, 0.05) is 6.04 Å². The van der Waals surface area contributed by atoms with Gasteiger partial charge in [-0.2, -0.15) is 5.26 Å². The fraction of sp³-hybridized carbons (Fsp3) is 0.211. The molecule has 0 saturated carbocycles. The van der Waals surface area contributed by atoms with Crippen LogP contribution in [0, 0.1) is 11.3 Å². The first kappa shape index (κ1) is 18.8. The van der Waals surface area contributed by atoms with Crippen LogP contribution in [-0.2, 0) is 4.79 Å². The fourth-order valence-corrected chi connectivity index (χ4v) is 2.06. The Balaban J connectivity index is 2.24. The van der Waals surface area contributed by atoms with Gasteiger partial charge in [0.05, 0.1) is 13.4 Å². The zero-order chi connectivity index (χ0) is 19.1. The van der Waals surface area contributed by atoms with Crippen LogP contribution >= 0.6 is 0 Å². The summed E-state index contributed by atoms with van der Waals surface area (Å²) in [6, 6.07) is 9.52. The van der Waals surface area contributed by atoms with Crippen LogP contribution in [0.5, 0.6) is 11.5 Å². The highest BCUT2D eigenvalue weighted by Gasteiger charge is 2.16. The number of methoxy groups -OCH3 is 1. The molecule has 0 bridgehead atoms. The van der Waals surface area contributed by atoms with Crippen LogP contribution in [0.3, 0.4) is 0 Å². The van der Waals surface area contributed by atoms with Crippen molar-refractivity contribution in [1.82, 2.24) is 5.32 Å². The van der Waals surface area contributed by atoms with Gasteiger partial charge in [0.2, 0.25) is 5.76 Å². The van der Waals surface area contributed by atoms with Crippen LogP contribution < -0.4 is 14.8 Å². The molecule has 26 heavy (non-hydrogen) atoms. The van der Waals surface area contributed by atoms with Crippen molar-refractivity contribution in [3.63, 3.8) is 0 Å². The highest BCUT2D eigenvalue weighted by molar-refractivity contribution is 6.01. The van der Waals surface area contributed by atoms with Crippen LogP contribution in [0.15, 0.2) is 46.6 Å². The average Bonchev–Trinajstić information content (AvgIpc) is 3.14. The Labute approximate surface area is 150 Å². The Morgan fingerprint density at radius 2 is 2.04 bits per heavy atom. The third kappa shape index (κ3) is 4.74. The Hall–Kier alpha value is -3.53. The quantitative estimate of drug-likeness (QED) is 0.370. The maximum Gasteiger partial charge on any atom is 0.379 e. The zero-order valence-corrected chi connectivity index (χ0v) is 14.6. The van der Waals surface area contributed by atoms with Gasteiger partial charge in [-0.15, -0.1) is 0 Å². The highest BCUT2D eigenvalue weighted by Crippen LogP contribution is 2.29. The van der Waals surface area contributed by atoms with Gasteiger partial charge in [-0.05, 0) is 49.8 Å².